The van der Waals surface area contributed by atoms with Crippen molar-refractivity contribution >= 4 is 28.1 Å². The molecular formula is C17H17N3O2S. The molecule has 5 nitrogen and oxygen atoms in total. The summed E-state index contributed by atoms with van der Waals surface area (Å²) >= 11 is 1.46. The van der Waals surface area contributed by atoms with Crippen LogP contribution in [0.15, 0.2) is 35.7 Å². The summed E-state index contributed by atoms with van der Waals surface area (Å²) in [4.78, 5) is 22.0. The summed E-state index contributed by atoms with van der Waals surface area (Å²) in [5, 5.41) is 13.5. The largest absolute Gasteiger partial charge is 0.391 e. The van der Waals surface area contributed by atoms with Gasteiger partial charge in [-0.05, 0) is 25.0 Å². The van der Waals surface area contributed by atoms with Gasteiger partial charge in [0.2, 0.25) is 0 Å². The first-order chi connectivity index (χ1) is 11.2. The number of aliphatic hydroxyl groups is 1. The fraction of sp³-hybridized carbons (Fsp3) is 0.294. The molecule has 2 N–H and O–H groups in total. The fourth-order valence-electron chi connectivity index (χ4n) is 2.99. The normalized spacial score (nSPS) is 18.5. The Hall–Kier alpha value is -2.18. The number of carbonyl (C=O) groups excluding carboxylic acids is 1. The van der Waals surface area contributed by atoms with E-state index in [1.165, 1.54) is 11.3 Å². The summed E-state index contributed by atoms with van der Waals surface area (Å²) in [6, 6.07) is 10.1. The summed E-state index contributed by atoms with van der Waals surface area (Å²) in [6.45, 7) is 1.09. The number of piperidine rings is 1. The van der Waals surface area contributed by atoms with Crippen molar-refractivity contribution in [3.05, 3.63) is 41.4 Å². The number of nitrogens with one attached hydrogen (secondary N) is 1. The van der Waals surface area contributed by atoms with Gasteiger partial charge in [-0.25, -0.2) is 4.98 Å². The number of H-pyrrole nitrogens is 1. The first kappa shape index (κ1) is 14.4. The molecule has 4 rings (SSSR count). The fourth-order valence-corrected chi connectivity index (χ4v) is 3.75. The number of hydrogen-bond acceptors (Lipinski definition) is 4. The third-order valence-corrected chi connectivity index (χ3v) is 5.04. The van der Waals surface area contributed by atoms with Gasteiger partial charge in [0.25, 0.3) is 5.91 Å². The van der Waals surface area contributed by atoms with Crippen molar-refractivity contribution in [1.82, 2.24) is 14.9 Å². The molecule has 3 heterocycles. The van der Waals surface area contributed by atoms with E-state index in [-0.39, 0.29) is 5.91 Å². The second-order valence-electron chi connectivity index (χ2n) is 5.86. The van der Waals surface area contributed by atoms with Crippen LogP contribution < -0.4 is 0 Å². The van der Waals surface area contributed by atoms with Crippen LogP contribution in [-0.4, -0.2) is 45.1 Å². The van der Waals surface area contributed by atoms with Crippen molar-refractivity contribution in [3.8, 4) is 10.7 Å². The Balaban J connectivity index is 1.59. The van der Waals surface area contributed by atoms with Crippen LogP contribution in [0.1, 0.15) is 23.3 Å². The molecule has 23 heavy (non-hydrogen) atoms. The summed E-state index contributed by atoms with van der Waals surface area (Å²) < 4.78 is 0. The zero-order valence-electron chi connectivity index (χ0n) is 12.5. The predicted molar refractivity (Wildman–Crippen MR) is 90.6 cm³/mol. The third kappa shape index (κ3) is 2.75. The Morgan fingerprint density at radius 2 is 2.26 bits per heavy atom. The van der Waals surface area contributed by atoms with Crippen LogP contribution in [0.4, 0.5) is 0 Å². The number of hydrogen-bond donors (Lipinski definition) is 2. The molecule has 2 aromatic heterocycles. The third-order valence-electron chi connectivity index (χ3n) is 4.17. The highest BCUT2D eigenvalue weighted by Crippen LogP contribution is 2.27. The maximum Gasteiger partial charge on any atom is 0.273 e. The maximum absolute atomic E-state index is 12.5. The van der Waals surface area contributed by atoms with Gasteiger partial charge in [0.05, 0.1) is 11.8 Å². The van der Waals surface area contributed by atoms with E-state index in [4.69, 9.17) is 0 Å². The lowest BCUT2D eigenvalue weighted by atomic mass is 10.1. The molecule has 0 radical (unpaired) electrons. The number of benzene rings is 1. The molecule has 1 aliphatic rings. The first-order valence-corrected chi connectivity index (χ1v) is 8.59. The zero-order chi connectivity index (χ0) is 15.8. The number of para-hydroxylation sites is 1. The monoisotopic (exact) mass is 327 g/mol. The molecule has 0 spiro atoms. The van der Waals surface area contributed by atoms with Crippen LogP contribution >= 0.6 is 11.3 Å². The van der Waals surface area contributed by atoms with Gasteiger partial charge in [-0.1, -0.05) is 18.2 Å². The Bertz CT molecular complexity index is 821. The number of aromatic amines is 1. The number of carbonyl (C=O) groups is 1. The van der Waals surface area contributed by atoms with E-state index in [1.807, 2.05) is 30.3 Å². The number of nitrogens with zero attached hydrogens (tertiary/aromatic N) is 2. The van der Waals surface area contributed by atoms with Crippen molar-refractivity contribution in [1.29, 1.82) is 0 Å². The first-order valence-electron chi connectivity index (χ1n) is 7.72. The van der Waals surface area contributed by atoms with Gasteiger partial charge in [-0.3, -0.25) is 4.79 Å². The Labute approximate surface area is 137 Å². The molecule has 1 fully saturated rings. The van der Waals surface area contributed by atoms with E-state index in [2.05, 4.69) is 9.97 Å². The Morgan fingerprint density at radius 3 is 3.09 bits per heavy atom. The highest BCUT2D eigenvalue weighted by atomic mass is 32.1. The lowest BCUT2D eigenvalue weighted by Gasteiger charge is -2.29. The molecule has 1 atom stereocenters. The average molecular weight is 327 g/mol. The summed E-state index contributed by atoms with van der Waals surface area (Å²) in [5.41, 5.74) is 2.44. The van der Waals surface area contributed by atoms with Gasteiger partial charge in [0.1, 0.15) is 10.7 Å². The van der Waals surface area contributed by atoms with Gasteiger partial charge in [-0.15, -0.1) is 11.3 Å². The van der Waals surface area contributed by atoms with Crippen molar-refractivity contribution < 1.29 is 9.90 Å². The van der Waals surface area contributed by atoms with Crippen LogP contribution in [-0.2, 0) is 0 Å². The topological polar surface area (TPSA) is 69.2 Å². The molecule has 118 valence electrons. The second kappa shape index (κ2) is 5.79. The molecule has 0 saturated carbocycles. The quantitative estimate of drug-likeness (QED) is 0.760. The summed E-state index contributed by atoms with van der Waals surface area (Å²) in [5.74, 6) is -0.0950. The van der Waals surface area contributed by atoms with Crippen molar-refractivity contribution in [2.75, 3.05) is 13.1 Å². The number of amides is 1. The minimum atomic E-state index is -0.417. The molecule has 1 aliphatic heterocycles. The SMILES string of the molecule is O=C(c1csc(-c2cc3ccccc3[nH]2)n1)N1CCC[C@H](O)C1. The maximum atomic E-state index is 12.5. The second-order valence-corrected chi connectivity index (χ2v) is 6.71. The number of fused-ring (bicyclic) bond motifs is 1. The standard InChI is InChI=1S/C17H17N3O2S/c21-12-5-3-7-20(9-12)17(22)15-10-23-16(19-15)14-8-11-4-1-2-6-13(11)18-14/h1-2,4,6,8,10,12,18,21H,3,5,7,9H2/t12-/m0/s1. The van der Waals surface area contributed by atoms with Crippen molar-refractivity contribution in [2.45, 2.75) is 18.9 Å². The van der Waals surface area contributed by atoms with E-state index in [9.17, 15) is 9.90 Å². The van der Waals surface area contributed by atoms with E-state index in [0.717, 1.165) is 34.4 Å². The minimum Gasteiger partial charge on any atom is -0.391 e. The molecule has 1 saturated heterocycles. The number of likely N-dealkylation sites (tertiary alicyclic amines) is 1. The number of aliphatic hydroxyl groups excluding tert-OH is 1. The molecular weight excluding hydrogens is 310 g/mol. The van der Waals surface area contributed by atoms with E-state index < -0.39 is 6.10 Å². The number of rotatable bonds is 2. The lowest BCUT2D eigenvalue weighted by Crippen LogP contribution is -2.42. The number of aromatic nitrogens is 2. The van der Waals surface area contributed by atoms with Crippen LogP contribution in [0.5, 0.6) is 0 Å². The highest BCUT2D eigenvalue weighted by molar-refractivity contribution is 7.13. The molecule has 1 aromatic carbocycles. The van der Waals surface area contributed by atoms with Crippen molar-refractivity contribution in [3.63, 3.8) is 0 Å². The smallest absolute Gasteiger partial charge is 0.273 e. The molecule has 0 bridgehead atoms. The summed E-state index contributed by atoms with van der Waals surface area (Å²) in [6.07, 6.45) is 1.19. The lowest BCUT2D eigenvalue weighted by molar-refractivity contribution is 0.0469. The molecule has 0 aliphatic carbocycles. The van der Waals surface area contributed by atoms with Gasteiger partial charge in [0.15, 0.2) is 0 Å². The number of thiazole rings is 1. The van der Waals surface area contributed by atoms with E-state index in [1.54, 1.807) is 10.3 Å². The zero-order valence-corrected chi connectivity index (χ0v) is 13.3. The van der Waals surface area contributed by atoms with Crippen LogP contribution in [0.3, 0.4) is 0 Å². The van der Waals surface area contributed by atoms with Gasteiger partial charge < -0.3 is 15.0 Å². The van der Waals surface area contributed by atoms with Crippen LogP contribution in [0, 0.1) is 0 Å². The van der Waals surface area contributed by atoms with Crippen molar-refractivity contribution in [2.24, 2.45) is 0 Å². The molecule has 1 amide bonds. The van der Waals surface area contributed by atoms with Gasteiger partial charge in [-0.2, -0.15) is 0 Å². The highest BCUT2D eigenvalue weighted by Gasteiger charge is 2.25. The van der Waals surface area contributed by atoms with Crippen LogP contribution in [0.25, 0.3) is 21.6 Å². The van der Waals surface area contributed by atoms with E-state index >= 15 is 0 Å². The average Bonchev–Trinajstić information content (AvgIpc) is 3.20. The molecule has 6 heteroatoms. The van der Waals surface area contributed by atoms with Gasteiger partial charge >= 0.3 is 0 Å². The Morgan fingerprint density at radius 1 is 1.39 bits per heavy atom. The molecule has 3 aromatic rings. The summed E-state index contributed by atoms with van der Waals surface area (Å²) in [7, 11) is 0. The van der Waals surface area contributed by atoms with E-state index in [0.29, 0.717) is 18.8 Å². The molecule has 0 unspecified atom stereocenters. The predicted octanol–water partition coefficient (Wildman–Crippen LogP) is 2.89. The van der Waals surface area contributed by atoms with Crippen LogP contribution in [0.2, 0.25) is 0 Å². The Kier molecular flexibility index (Phi) is 3.63. The number of β-amino-alcohol motifs (C(OH)–C–C–N with tert-alkyl or cyclic N) is 1. The minimum absolute atomic E-state index is 0.0950. The van der Waals surface area contributed by atoms with Gasteiger partial charge in [0, 0.05) is 29.4 Å².